The SMILES string of the molecule is COC(=O)C(Cc1ccc(OC/C(N)=C/NN)cc1)=N[C-]=O.[Fm]. The summed E-state index contributed by atoms with van der Waals surface area (Å²) in [5, 5.41) is 0. The van der Waals surface area contributed by atoms with Gasteiger partial charge in [-0.15, -0.1) is 0 Å². The summed E-state index contributed by atoms with van der Waals surface area (Å²) >= 11 is 0. The summed E-state index contributed by atoms with van der Waals surface area (Å²) in [5.41, 5.74) is 9.09. The Morgan fingerprint density at radius 2 is 2.04 bits per heavy atom. The van der Waals surface area contributed by atoms with Crippen LogP contribution in [0, 0.1) is 0 Å². The normalized spacial score (nSPS) is 11.2. The van der Waals surface area contributed by atoms with Gasteiger partial charge in [-0.2, -0.15) is 0 Å². The van der Waals surface area contributed by atoms with Gasteiger partial charge in [-0.3, -0.25) is 10.6 Å². The van der Waals surface area contributed by atoms with Gasteiger partial charge >= 0.3 is 0 Å². The third-order valence-electron chi connectivity index (χ3n) is 2.57. The number of ether oxygens (including phenoxy) is 2. The second-order valence-corrected chi connectivity index (χ2v) is 4.14. The molecule has 0 unspecified atom stereocenters. The molecule has 130 valence electrons. The van der Waals surface area contributed by atoms with Crippen LogP contribution in [0.4, 0.5) is 0 Å². The molecule has 0 aliphatic carbocycles. The first-order valence-corrected chi connectivity index (χ1v) is 6.25. The molecule has 0 radical (unpaired) electrons. The Kier molecular flexibility index (Phi) is 8.27. The zero-order chi connectivity index (χ0) is 16.4. The number of rotatable bonds is 8. The van der Waals surface area contributed by atoms with Crippen LogP contribution >= 0.6 is 0 Å². The molecule has 23 heavy (non-hydrogen) atoms. The predicted molar refractivity (Wildman–Crippen MR) is 80.4 cm³/mol. The monoisotopic (exact) mass is 562 g/mol. The number of nitrogens with one attached hydrogen (secondary N) is 1. The van der Waals surface area contributed by atoms with Gasteiger partial charge in [0, 0.05) is 6.20 Å². The van der Waals surface area contributed by atoms with E-state index in [9.17, 15) is 9.59 Å². The quantitative estimate of drug-likeness (QED) is 0.129. The second-order valence-electron chi connectivity index (χ2n) is 4.14. The van der Waals surface area contributed by atoms with Gasteiger partial charge < -0.3 is 30.4 Å². The minimum absolute atomic E-state index is 0. The maximum absolute atomic E-state index is 11.4. The minimum atomic E-state index is -0.670. The smallest absolute Gasteiger partial charge is 0.268 e. The van der Waals surface area contributed by atoms with Gasteiger partial charge in [-0.1, -0.05) is 17.7 Å². The molecule has 9 heteroatoms. The molecule has 0 saturated carbocycles. The van der Waals surface area contributed by atoms with E-state index in [1.807, 2.05) is 0 Å². The fourth-order valence-corrected chi connectivity index (χ4v) is 1.54. The van der Waals surface area contributed by atoms with E-state index in [1.54, 1.807) is 24.3 Å². The first kappa shape index (κ1) is 19.1. The van der Waals surface area contributed by atoms with Crippen molar-refractivity contribution < 1.29 is 19.1 Å². The molecule has 1 aromatic rings. The number of amides is 1. The van der Waals surface area contributed by atoms with Crippen LogP contribution in [-0.2, 0) is 20.7 Å². The molecule has 1 aromatic carbocycles. The molecule has 0 aliphatic heterocycles. The van der Waals surface area contributed by atoms with E-state index in [0.29, 0.717) is 11.4 Å². The molecule has 0 atom stereocenters. The average molecular weight is 562 g/mol. The van der Waals surface area contributed by atoms with E-state index in [4.69, 9.17) is 16.3 Å². The number of carbonyl (C=O) groups excluding carboxylic acids is 2. The zero-order valence-electron chi connectivity index (χ0n) is 12.3. The van der Waals surface area contributed by atoms with Crippen LogP contribution in [0.5, 0.6) is 5.75 Å². The summed E-state index contributed by atoms with van der Waals surface area (Å²) in [6.07, 6.45) is 2.91. The van der Waals surface area contributed by atoms with Crippen molar-refractivity contribution in [1.82, 2.24) is 5.43 Å². The van der Waals surface area contributed by atoms with Crippen molar-refractivity contribution in [2.45, 2.75) is 6.42 Å². The molecule has 1 amide bonds. The molecular formula is C14H17FmN4O4-. The second kappa shape index (κ2) is 9.94. The van der Waals surface area contributed by atoms with Crippen LogP contribution in [0.2, 0.25) is 0 Å². The van der Waals surface area contributed by atoms with Crippen molar-refractivity contribution in [2.75, 3.05) is 13.7 Å². The number of methoxy groups -OCH3 is 1. The van der Waals surface area contributed by atoms with Crippen LogP contribution < -0.4 is 21.7 Å². The van der Waals surface area contributed by atoms with Crippen molar-refractivity contribution in [2.24, 2.45) is 16.6 Å². The Morgan fingerprint density at radius 1 is 1.39 bits per heavy atom. The molecular weight excluding hydrogens is 545 g/mol. The summed E-state index contributed by atoms with van der Waals surface area (Å²) in [6.45, 7) is 0.179. The summed E-state index contributed by atoms with van der Waals surface area (Å²) in [5.74, 6) is 5.01. The van der Waals surface area contributed by atoms with E-state index in [1.165, 1.54) is 19.7 Å². The van der Waals surface area contributed by atoms with E-state index in [-0.39, 0.29) is 18.7 Å². The number of hydrazine groups is 1. The summed E-state index contributed by atoms with van der Waals surface area (Å²) < 4.78 is 9.96. The summed E-state index contributed by atoms with van der Waals surface area (Å²) in [7, 11) is 1.22. The van der Waals surface area contributed by atoms with Crippen LogP contribution in [-0.4, -0.2) is 31.8 Å². The van der Waals surface area contributed by atoms with Crippen molar-refractivity contribution >= 4 is 18.1 Å². The number of aliphatic imine (C=N–C) groups is 1. The Bertz CT molecular complexity index is 573. The molecule has 8 nitrogen and oxygen atoms in total. The first-order valence-electron chi connectivity index (χ1n) is 6.25. The number of nitrogens with two attached hydrogens (primary N) is 2. The molecule has 1 rings (SSSR count). The number of hydrogen-bond acceptors (Lipinski definition) is 7. The predicted octanol–water partition coefficient (Wildman–Crippen LogP) is -0.447. The number of hydrogen-bond donors (Lipinski definition) is 3. The largest absolute Gasteiger partial charge is 0.487 e. The van der Waals surface area contributed by atoms with E-state index in [2.05, 4.69) is 15.2 Å². The number of esters is 1. The molecule has 0 aromatic heterocycles. The Morgan fingerprint density at radius 3 is 2.57 bits per heavy atom. The van der Waals surface area contributed by atoms with Crippen LogP contribution in [0.3, 0.4) is 0 Å². The topological polar surface area (TPSA) is 129 Å². The van der Waals surface area contributed by atoms with E-state index in [0.717, 1.165) is 5.56 Å². The molecule has 5 N–H and O–H groups in total. The van der Waals surface area contributed by atoms with Crippen molar-refractivity contribution in [3.63, 3.8) is 0 Å². The zero-order valence-corrected chi connectivity index (χ0v) is 14.7. The molecule has 0 saturated heterocycles. The van der Waals surface area contributed by atoms with E-state index >= 15 is 0 Å². The van der Waals surface area contributed by atoms with Crippen LogP contribution in [0.15, 0.2) is 41.2 Å². The number of benzene rings is 1. The van der Waals surface area contributed by atoms with Gasteiger partial charge in [-0.05, 0) is 24.3 Å². The Hall–Kier alpha value is -3.87. The van der Waals surface area contributed by atoms with Gasteiger partial charge in [0.1, 0.15) is 12.4 Å². The van der Waals surface area contributed by atoms with Crippen LogP contribution in [0.25, 0.3) is 0 Å². The fraction of sp³-hybridized carbons (Fsp3) is 0.214. The molecule has 0 fully saturated rings. The van der Waals surface area contributed by atoms with Crippen molar-refractivity contribution in [3.8, 4) is 5.75 Å². The molecule has 0 aliphatic rings. The third kappa shape index (κ3) is 6.41. The Balaban J connectivity index is 0.00000484. The van der Waals surface area contributed by atoms with Gasteiger partial charge in [-0.25, -0.2) is 0 Å². The van der Waals surface area contributed by atoms with E-state index < -0.39 is 5.97 Å². The maximum Gasteiger partial charge on any atom is 0.268 e. The summed E-state index contributed by atoms with van der Waals surface area (Å²) in [4.78, 5) is 25.1. The third-order valence-corrected chi connectivity index (χ3v) is 2.57. The van der Waals surface area contributed by atoms with Gasteiger partial charge in [0.15, 0.2) is 0 Å². The Labute approximate surface area is 127 Å². The van der Waals surface area contributed by atoms with Crippen LogP contribution in [0.1, 0.15) is 5.56 Å². The first-order chi connectivity index (χ1) is 10.6. The molecule has 0 heterocycles. The number of nitrogens with zero attached hydrogens (tertiary/aromatic N) is 1. The molecule has 0 spiro atoms. The summed E-state index contributed by atoms with van der Waals surface area (Å²) in [6, 6.07) is 6.88. The van der Waals surface area contributed by atoms with Gasteiger partial charge in [0.25, 0.3) is 5.97 Å². The van der Waals surface area contributed by atoms with Gasteiger partial charge in [0.2, 0.25) is 0 Å². The maximum atomic E-state index is 11.4. The van der Waals surface area contributed by atoms with Crippen molar-refractivity contribution in [3.05, 3.63) is 41.7 Å². The standard InChI is InChI=1S/C14H17N4O4.Fm/c1-21-14(20)13(17-9-19)6-10-2-4-12(5-3-10)22-8-11(15)7-18-16;/h2-5,7,18H,6,8,15-16H2,1H3;/q-1;/b11-7-,17-13?;. The average Bonchev–Trinajstić information content (AvgIpc) is 2.53. The van der Waals surface area contributed by atoms with Gasteiger partial charge in [0.05, 0.1) is 19.2 Å². The fourth-order valence-electron chi connectivity index (χ4n) is 1.54. The minimum Gasteiger partial charge on any atom is -0.487 e. The number of carbonyl (C=O) groups is 1. The molecule has 0 bridgehead atoms. The van der Waals surface area contributed by atoms with Crippen molar-refractivity contribution in [1.29, 1.82) is 0 Å².